The number of carbonyl (C=O) groups excluding carboxylic acids is 1. The van der Waals surface area contributed by atoms with Crippen molar-refractivity contribution in [2.24, 2.45) is 11.3 Å². The third-order valence-electron chi connectivity index (χ3n) is 5.53. The van der Waals surface area contributed by atoms with Gasteiger partial charge in [0.1, 0.15) is 0 Å². The maximum atomic E-state index is 12.5. The van der Waals surface area contributed by atoms with E-state index in [0.29, 0.717) is 23.7 Å². The van der Waals surface area contributed by atoms with Gasteiger partial charge in [0, 0.05) is 19.6 Å². The zero-order valence-electron chi connectivity index (χ0n) is 14.6. The largest absolute Gasteiger partial charge is 0.342 e. The molecule has 1 N–H and O–H groups in total. The van der Waals surface area contributed by atoms with Crippen LogP contribution in [0.15, 0.2) is 24.3 Å². The van der Waals surface area contributed by atoms with Gasteiger partial charge in [-0.05, 0) is 54.7 Å². The smallest absolute Gasteiger partial charge is 0.226 e. The van der Waals surface area contributed by atoms with Gasteiger partial charge in [-0.2, -0.15) is 0 Å². The second-order valence-electron chi connectivity index (χ2n) is 7.90. The Hall–Kier alpha value is -1.35. The molecule has 0 atom stereocenters. The number of rotatable bonds is 4. The maximum Gasteiger partial charge on any atom is 0.226 e. The first-order valence-corrected chi connectivity index (χ1v) is 9.13. The average molecular weight is 314 g/mol. The van der Waals surface area contributed by atoms with Gasteiger partial charge in [0.15, 0.2) is 0 Å². The van der Waals surface area contributed by atoms with Gasteiger partial charge in [-0.25, -0.2) is 0 Å². The standard InChI is InChI=1S/C20H30N2O/c1-16(2)13-17-3-5-18(6-4-17)14-19(23)22-11-8-20(9-12-22)7-10-21-15-20/h3-6,16,21H,7-15H2,1-2H3. The van der Waals surface area contributed by atoms with Crippen LogP contribution in [0.3, 0.4) is 0 Å². The molecule has 0 saturated carbocycles. The second kappa shape index (κ2) is 7.04. The molecule has 0 bridgehead atoms. The summed E-state index contributed by atoms with van der Waals surface area (Å²) >= 11 is 0. The van der Waals surface area contributed by atoms with Crippen LogP contribution in [0, 0.1) is 11.3 Å². The summed E-state index contributed by atoms with van der Waals surface area (Å²) in [5.74, 6) is 0.968. The third-order valence-corrected chi connectivity index (χ3v) is 5.53. The predicted molar refractivity (Wildman–Crippen MR) is 94.4 cm³/mol. The van der Waals surface area contributed by atoms with Crippen LogP contribution in [0.5, 0.6) is 0 Å². The van der Waals surface area contributed by atoms with Crippen LogP contribution < -0.4 is 5.32 Å². The van der Waals surface area contributed by atoms with Crippen LogP contribution in [-0.2, 0) is 17.6 Å². The van der Waals surface area contributed by atoms with E-state index in [4.69, 9.17) is 0 Å². The number of benzene rings is 1. The SMILES string of the molecule is CC(C)Cc1ccc(CC(=O)N2CCC3(CCNC3)CC2)cc1. The topological polar surface area (TPSA) is 32.3 Å². The Bertz CT molecular complexity index is 519. The molecule has 0 aliphatic carbocycles. The van der Waals surface area contributed by atoms with Crippen molar-refractivity contribution in [1.29, 1.82) is 0 Å². The molecule has 126 valence electrons. The van der Waals surface area contributed by atoms with E-state index in [-0.39, 0.29) is 0 Å². The summed E-state index contributed by atoms with van der Waals surface area (Å²) in [6, 6.07) is 8.61. The molecule has 2 saturated heterocycles. The van der Waals surface area contributed by atoms with E-state index in [0.717, 1.165) is 38.2 Å². The minimum atomic E-state index is 0.294. The highest BCUT2D eigenvalue weighted by Gasteiger charge is 2.37. The third kappa shape index (κ3) is 4.14. The number of hydrogen-bond donors (Lipinski definition) is 1. The number of amides is 1. The van der Waals surface area contributed by atoms with Gasteiger partial charge in [-0.1, -0.05) is 38.1 Å². The molecule has 2 aliphatic rings. The van der Waals surface area contributed by atoms with Crippen LogP contribution >= 0.6 is 0 Å². The van der Waals surface area contributed by atoms with Crippen molar-refractivity contribution in [1.82, 2.24) is 10.2 Å². The quantitative estimate of drug-likeness (QED) is 0.926. The lowest BCUT2D eigenvalue weighted by atomic mass is 9.78. The molecule has 0 unspecified atom stereocenters. The van der Waals surface area contributed by atoms with Gasteiger partial charge in [-0.15, -0.1) is 0 Å². The molecule has 23 heavy (non-hydrogen) atoms. The van der Waals surface area contributed by atoms with Crippen LogP contribution in [0.1, 0.15) is 44.2 Å². The zero-order chi connectivity index (χ0) is 16.3. The van der Waals surface area contributed by atoms with Gasteiger partial charge in [-0.3, -0.25) is 4.79 Å². The highest BCUT2D eigenvalue weighted by atomic mass is 16.2. The van der Waals surface area contributed by atoms with Crippen molar-refractivity contribution in [3.8, 4) is 0 Å². The molecular formula is C20H30N2O. The Morgan fingerprint density at radius 1 is 1.13 bits per heavy atom. The van der Waals surface area contributed by atoms with Gasteiger partial charge in [0.25, 0.3) is 0 Å². The number of hydrogen-bond acceptors (Lipinski definition) is 2. The van der Waals surface area contributed by atoms with Crippen LogP contribution in [0.2, 0.25) is 0 Å². The molecule has 1 aromatic carbocycles. The van der Waals surface area contributed by atoms with Crippen molar-refractivity contribution < 1.29 is 4.79 Å². The van der Waals surface area contributed by atoms with Gasteiger partial charge in [0.05, 0.1) is 6.42 Å². The van der Waals surface area contributed by atoms with Gasteiger partial charge >= 0.3 is 0 Å². The zero-order valence-corrected chi connectivity index (χ0v) is 14.6. The Morgan fingerprint density at radius 2 is 1.78 bits per heavy atom. The summed E-state index contributed by atoms with van der Waals surface area (Å²) in [4.78, 5) is 14.6. The maximum absolute atomic E-state index is 12.5. The Kier molecular flexibility index (Phi) is 5.05. The lowest BCUT2D eigenvalue weighted by molar-refractivity contribution is -0.132. The highest BCUT2D eigenvalue weighted by molar-refractivity contribution is 5.78. The first kappa shape index (κ1) is 16.5. The van der Waals surface area contributed by atoms with E-state index in [1.807, 2.05) is 0 Å². The fourth-order valence-corrected chi connectivity index (χ4v) is 4.00. The number of nitrogens with one attached hydrogen (secondary N) is 1. The summed E-state index contributed by atoms with van der Waals surface area (Å²) in [6.07, 6.45) is 5.27. The summed E-state index contributed by atoms with van der Waals surface area (Å²) < 4.78 is 0. The van der Waals surface area contributed by atoms with Crippen molar-refractivity contribution in [2.75, 3.05) is 26.2 Å². The molecule has 3 heteroatoms. The van der Waals surface area contributed by atoms with Crippen LogP contribution in [-0.4, -0.2) is 37.0 Å². The van der Waals surface area contributed by atoms with E-state index in [1.54, 1.807) is 0 Å². The first-order chi connectivity index (χ1) is 11.1. The van der Waals surface area contributed by atoms with Crippen LogP contribution in [0.25, 0.3) is 0 Å². The highest BCUT2D eigenvalue weighted by Crippen LogP contribution is 2.36. The Labute approximate surface area is 140 Å². The number of piperidine rings is 1. The lowest BCUT2D eigenvalue weighted by Crippen LogP contribution is -2.44. The van der Waals surface area contributed by atoms with Crippen molar-refractivity contribution in [3.05, 3.63) is 35.4 Å². The molecule has 0 aromatic heterocycles. The molecule has 3 nitrogen and oxygen atoms in total. The number of likely N-dealkylation sites (tertiary alicyclic amines) is 1. The molecule has 1 spiro atoms. The van der Waals surface area contributed by atoms with E-state index < -0.39 is 0 Å². The van der Waals surface area contributed by atoms with E-state index in [1.165, 1.54) is 24.8 Å². The van der Waals surface area contributed by atoms with E-state index in [9.17, 15) is 4.79 Å². The minimum absolute atomic E-state index is 0.294. The predicted octanol–water partition coefficient (Wildman–Crippen LogP) is 3.03. The minimum Gasteiger partial charge on any atom is -0.342 e. The van der Waals surface area contributed by atoms with E-state index in [2.05, 4.69) is 48.3 Å². The molecule has 1 aromatic rings. The second-order valence-corrected chi connectivity index (χ2v) is 7.90. The summed E-state index contributed by atoms with van der Waals surface area (Å²) in [5.41, 5.74) is 2.99. The molecule has 2 fully saturated rings. The van der Waals surface area contributed by atoms with Gasteiger partial charge in [0.2, 0.25) is 5.91 Å². The molecule has 2 heterocycles. The Balaban J connectivity index is 1.51. The number of nitrogens with zero attached hydrogens (tertiary/aromatic N) is 1. The van der Waals surface area contributed by atoms with Gasteiger partial charge < -0.3 is 10.2 Å². The van der Waals surface area contributed by atoms with Crippen molar-refractivity contribution in [2.45, 2.75) is 46.0 Å². The van der Waals surface area contributed by atoms with Crippen molar-refractivity contribution >= 4 is 5.91 Å². The molecule has 3 rings (SSSR count). The summed E-state index contributed by atoms with van der Waals surface area (Å²) in [7, 11) is 0. The first-order valence-electron chi connectivity index (χ1n) is 9.13. The molecule has 1 amide bonds. The van der Waals surface area contributed by atoms with E-state index >= 15 is 0 Å². The summed E-state index contributed by atoms with van der Waals surface area (Å²) in [5, 5.41) is 3.48. The molecule has 0 radical (unpaired) electrons. The normalized spacial score (nSPS) is 20.4. The fraction of sp³-hybridized carbons (Fsp3) is 0.650. The lowest BCUT2D eigenvalue weighted by Gasteiger charge is -2.39. The summed E-state index contributed by atoms with van der Waals surface area (Å²) in [6.45, 7) is 8.64. The monoisotopic (exact) mass is 314 g/mol. The fourth-order valence-electron chi connectivity index (χ4n) is 4.00. The average Bonchev–Trinajstić information content (AvgIpc) is 2.97. The molecular weight excluding hydrogens is 284 g/mol. The van der Waals surface area contributed by atoms with Crippen molar-refractivity contribution in [3.63, 3.8) is 0 Å². The molecule has 2 aliphatic heterocycles. The van der Waals surface area contributed by atoms with Crippen LogP contribution in [0.4, 0.5) is 0 Å². The number of carbonyl (C=O) groups is 1. The Morgan fingerprint density at radius 3 is 2.35 bits per heavy atom.